The first-order valence-electron chi connectivity index (χ1n) is 4.74. The van der Waals surface area contributed by atoms with Gasteiger partial charge in [0.05, 0.1) is 4.92 Å². The number of nitro groups is 1. The first kappa shape index (κ1) is 11.9. The topological polar surface area (TPSA) is 93.0 Å². The molecule has 1 aromatic rings. The highest BCUT2D eigenvalue weighted by Crippen LogP contribution is 2.20. The van der Waals surface area contributed by atoms with E-state index in [0.29, 0.717) is 18.5 Å². The van der Waals surface area contributed by atoms with Crippen molar-refractivity contribution in [1.82, 2.24) is 0 Å². The summed E-state index contributed by atoms with van der Waals surface area (Å²) in [4.78, 5) is 10.1. The van der Waals surface area contributed by atoms with Crippen LogP contribution in [0.15, 0.2) is 24.3 Å². The summed E-state index contributed by atoms with van der Waals surface area (Å²) in [6, 6.07) is 6.28. The second-order valence-electron chi connectivity index (χ2n) is 3.13. The van der Waals surface area contributed by atoms with Gasteiger partial charge in [-0.3, -0.25) is 10.1 Å². The standard InChI is InChI=1S/C11H11N3O2/c12-6-2-1-3-9-4-5-10(8-13)11(7-9)14(15)16/h1,3-5,7H,2,6,12H2. The summed E-state index contributed by atoms with van der Waals surface area (Å²) in [7, 11) is 0. The number of rotatable bonds is 4. The predicted octanol–water partition coefficient (Wildman–Crippen LogP) is 1.83. The van der Waals surface area contributed by atoms with Crippen LogP contribution in [0, 0.1) is 21.4 Å². The molecule has 1 rings (SSSR count). The van der Waals surface area contributed by atoms with Gasteiger partial charge in [0.25, 0.3) is 5.69 Å². The molecule has 2 N–H and O–H groups in total. The van der Waals surface area contributed by atoms with E-state index in [2.05, 4.69) is 0 Å². The van der Waals surface area contributed by atoms with Crippen LogP contribution in [0.5, 0.6) is 0 Å². The Morgan fingerprint density at radius 1 is 1.56 bits per heavy atom. The summed E-state index contributed by atoms with van der Waals surface area (Å²) < 4.78 is 0. The number of nitriles is 1. The third-order valence-electron chi connectivity index (χ3n) is 1.98. The molecule has 0 saturated heterocycles. The number of nitrogens with zero attached hydrogens (tertiary/aromatic N) is 2. The Morgan fingerprint density at radius 3 is 2.88 bits per heavy atom. The maximum Gasteiger partial charge on any atom is 0.287 e. The van der Waals surface area contributed by atoms with E-state index in [0.717, 1.165) is 0 Å². The molecular formula is C11H11N3O2. The van der Waals surface area contributed by atoms with Crippen LogP contribution in [0.1, 0.15) is 17.5 Å². The molecular weight excluding hydrogens is 206 g/mol. The maximum absolute atomic E-state index is 10.7. The molecule has 16 heavy (non-hydrogen) atoms. The minimum Gasteiger partial charge on any atom is -0.330 e. The molecule has 5 nitrogen and oxygen atoms in total. The number of benzene rings is 1. The first-order valence-corrected chi connectivity index (χ1v) is 4.74. The van der Waals surface area contributed by atoms with Gasteiger partial charge in [-0.1, -0.05) is 18.2 Å². The fourth-order valence-corrected chi connectivity index (χ4v) is 1.21. The fourth-order valence-electron chi connectivity index (χ4n) is 1.21. The average Bonchev–Trinajstić information content (AvgIpc) is 2.29. The highest BCUT2D eigenvalue weighted by Gasteiger charge is 2.12. The largest absolute Gasteiger partial charge is 0.330 e. The van der Waals surface area contributed by atoms with Crippen LogP contribution in [-0.2, 0) is 0 Å². The lowest BCUT2D eigenvalue weighted by molar-refractivity contribution is -0.385. The zero-order valence-corrected chi connectivity index (χ0v) is 8.59. The van der Waals surface area contributed by atoms with E-state index >= 15 is 0 Å². The van der Waals surface area contributed by atoms with Crippen molar-refractivity contribution in [3.05, 3.63) is 45.5 Å². The highest BCUT2D eigenvalue weighted by atomic mass is 16.6. The summed E-state index contributed by atoms with van der Waals surface area (Å²) in [5, 5.41) is 19.4. The van der Waals surface area contributed by atoms with Crippen LogP contribution in [0.25, 0.3) is 6.08 Å². The molecule has 0 radical (unpaired) electrons. The Bertz CT molecular complexity index is 461. The summed E-state index contributed by atoms with van der Waals surface area (Å²) >= 11 is 0. The Morgan fingerprint density at radius 2 is 2.31 bits per heavy atom. The van der Waals surface area contributed by atoms with E-state index in [4.69, 9.17) is 11.0 Å². The molecule has 0 unspecified atom stereocenters. The van der Waals surface area contributed by atoms with E-state index in [1.807, 2.05) is 6.08 Å². The molecule has 0 fully saturated rings. The quantitative estimate of drug-likeness (QED) is 0.615. The monoisotopic (exact) mass is 217 g/mol. The summed E-state index contributed by atoms with van der Waals surface area (Å²) in [5.74, 6) is 0. The van der Waals surface area contributed by atoms with Crippen LogP contribution in [0.3, 0.4) is 0 Å². The Kier molecular flexibility index (Phi) is 4.18. The highest BCUT2D eigenvalue weighted by molar-refractivity contribution is 5.59. The van der Waals surface area contributed by atoms with Crippen molar-refractivity contribution in [2.45, 2.75) is 6.42 Å². The molecule has 0 aromatic heterocycles. The molecule has 0 bridgehead atoms. The van der Waals surface area contributed by atoms with E-state index in [1.54, 1.807) is 18.2 Å². The molecule has 0 amide bonds. The van der Waals surface area contributed by atoms with Crippen molar-refractivity contribution in [2.24, 2.45) is 5.73 Å². The average molecular weight is 217 g/mol. The van der Waals surface area contributed by atoms with Crippen molar-refractivity contribution >= 4 is 11.8 Å². The van der Waals surface area contributed by atoms with Gasteiger partial charge < -0.3 is 5.73 Å². The molecule has 5 heteroatoms. The van der Waals surface area contributed by atoms with Crippen LogP contribution in [-0.4, -0.2) is 11.5 Å². The normalized spacial score (nSPS) is 10.2. The van der Waals surface area contributed by atoms with Gasteiger partial charge in [0, 0.05) is 6.07 Å². The van der Waals surface area contributed by atoms with Crippen LogP contribution < -0.4 is 5.73 Å². The lowest BCUT2D eigenvalue weighted by Crippen LogP contribution is -1.95. The SMILES string of the molecule is N#Cc1ccc(C=CCCN)cc1[N+](=O)[O-]. The molecule has 0 saturated carbocycles. The Balaban J connectivity index is 3.04. The van der Waals surface area contributed by atoms with Gasteiger partial charge in [0.2, 0.25) is 0 Å². The Hall–Kier alpha value is -2.19. The zero-order chi connectivity index (χ0) is 12.0. The molecule has 0 aliphatic rings. The summed E-state index contributed by atoms with van der Waals surface area (Å²) in [6.07, 6.45) is 4.31. The molecule has 0 aliphatic carbocycles. The van der Waals surface area contributed by atoms with Crippen molar-refractivity contribution in [1.29, 1.82) is 5.26 Å². The Labute approximate surface area is 93.0 Å². The summed E-state index contributed by atoms with van der Waals surface area (Å²) in [6.45, 7) is 0.537. The van der Waals surface area contributed by atoms with Gasteiger partial charge in [-0.25, -0.2) is 0 Å². The minimum absolute atomic E-state index is 0.0703. The molecule has 0 aliphatic heterocycles. The second-order valence-corrected chi connectivity index (χ2v) is 3.13. The molecule has 1 aromatic carbocycles. The van der Waals surface area contributed by atoms with Crippen LogP contribution in [0.2, 0.25) is 0 Å². The lowest BCUT2D eigenvalue weighted by atomic mass is 10.1. The van der Waals surface area contributed by atoms with Gasteiger partial charge in [-0.2, -0.15) is 5.26 Å². The van der Waals surface area contributed by atoms with Gasteiger partial charge in [0.15, 0.2) is 0 Å². The third kappa shape index (κ3) is 2.90. The fraction of sp³-hybridized carbons (Fsp3) is 0.182. The number of hydrogen-bond acceptors (Lipinski definition) is 4. The van der Waals surface area contributed by atoms with Crippen LogP contribution >= 0.6 is 0 Å². The van der Waals surface area contributed by atoms with Gasteiger partial charge in [-0.15, -0.1) is 0 Å². The second kappa shape index (κ2) is 5.63. The van der Waals surface area contributed by atoms with Crippen LogP contribution in [0.4, 0.5) is 5.69 Å². The predicted molar refractivity (Wildman–Crippen MR) is 60.5 cm³/mol. The van der Waals surface area contributed by atoms with Crippen molar-refractivity contribution in [2.75, 3.05) is 6.54 Å². The first-order chi connectivity index (χ1) is 7.69. The van der Waals surface area contributed by atoms with Gasteiger partial charge in [0.1, 0.15) is 11.6 Å². The van der Waals surface area contributed by atoms with E-state index < -0.39 is 4.92 Å². The molecule has 0 atom stereocenters. The van der Waals surface area contributed by atoms with Gasteiger partial charge >= 0.3 is 0 Å². The summed E-state index contributed by atoms with van der Waals surface area (Å²) in [5.41, 5.74) is 5.91. The molecule has 82 valence electrons. The number of nitrogens with two attached hydrogens (primary N) is 1. The van der Waals surface area contributed by atoms with E-state index in [9.17, 15) is 10.1 Å². The van der Waals surface area contributed by atoms with E-state index in [-0.39, 0.29) is 11.3 Å². The van der Waals surface area contributed by atoms with Gasteiger partial charge in [-0.05, 0) is 24.6 Å². The van der Waals surface area contributed by atoms with Crippen molar-refractivity contribution < 1.29 is 4.92 Å². The number of hydrogen-bond donors (Lipinski definition) is 1. The van der Waals surface area contributed by atoms with Crippen molar-refractivity contribution in [3.63, 3.8) is 0 Å². The number of nitro benzene ring substituents is 1. The molecule has 0 heterocycles. The molecule has 0 spiro atoms. The maximum atomic E-state index is 10.7. The minimum atomic E-state index is -0.557. The smallest absolute Gasteiger partial charge is 0.287 e. The third-order valence-corrected chi connectivity index (χ3v) is 1.98. The zero-order valence-electron chi connectivity index (χ0n) is 8.59. The van der Waals surface area contributed by atoms with E-state index in [1.165, 1.54) is 12.1 Å². The van der Waals surface area contributed by atoms with Crippen molar-refractivity contribution in [3.8, 4) is 6.07 Å². The lowest BCUT2D eigenvalue weighted by Gasteiger charge is -1.96.